The first kappa shape index (κ1) is 18.9. The Hall–Kier alpha value is -1.46. The molecule has 0 radical (unpaired) electrons. The second kappa shape index (κ2) is 8.58. The summed E-state index contributed by atoms with van der Waals surface area (Å²) in [5.74, 6) is 2.25. The van der Waals surface area contributed by atoms with Gasteiger partial charge in [0.1, 0.15) is 11.5 Å². The fraction of sp³-hybridized carbons (Fsp3) is 0.611. The fourth-order valence-electron chi connectivity index (χ4n) is 3.82. The maximum Gasteiger partial charge on any atom is 0.237 e. The Labute approximate surface area is 149 Å². The predicted octanol–water partition coefficient (Wildman–Crippen LogP) is 2.66. The van der Waals surface area contributed by atoms with Crippen molar-refractivity contribution < 1.29 is 14.3 Å². The number of rotatable bonds is 5. The van der Waals surface area contributed by atoms with Crippen molar-refractivity contribution in [3.63, 3.8) is 0 Å². The van der Waals surface area contributed by atoms with Gasteiger partial charge in [-0.1, -0.05) is 12.8 Å². The molecule has 24 heavy (non-hydrogen) atoms. The zero-order chi connectivity index (χ0) is 16.2. The van der Waals surface area contributed by atoms with E-state index in [0.717, 1.165) is 23.5 Å². The lowest BCUT2D eigenvalue weighted by molar-refractivity contribution is -0.123. The van der Waals surface area contributed by atoms with Crippen molar-refractivity contribution in [1.29, 1.82) is 0 Å². The maximum atomic E-state index is 12.4. The highest BCUT2D eigenvalue weighted by atomic mass is 35.5. The van der Waals surface area contributed by atoms with Gasteiger partial charge >= 0.3 is 0 Å². The minimum absolute atomic E-state index is 0. The second-order valence-electron chi connectivity index (χ2n) is 6.50. The van der Waals surface area contributed by atoms with Crippen molar-refractivity contribution in [3.05, 3.63) is 23.8 Å². The zero-order valence-electron chi connectivity index (χ0n) is 14.3. The van der Waals surface area contributed by atoms with Gasteiger partial charge in [0.25, 0.3) is 0 Å². The van der Waals surface area contributed by atoms with Crippen LogP contribution in [0.2, 0.25) is 0 Å². The summed E-state index contributed by atoms with van der Waals surface area (Å²) in [4.78, 5) is 12.4. The number of hydrogen-bond acceptors (Lipinski definition) is 4. The van der Waals surface area contributed by atoms with Crippen LogP contribution in [0.5, 0.6) is 11.5 Å². The van der Waals surface area contributed by atoms with Gasteiger partial charge in [-0.2, -0.15) is 0 Å². The van der Waals surface area contributed by atoms with Crippen LogP contribution in [-0.4, -0.2) is 32.2 Å². The molecule has 5 nitrogen and oxygen atoms in total. The number of hydrogen-bond donors (Lipinski definition) is 2. The van der Waals surface area contributed by atoms with Crippen molar-refractivity contribution in [3.8, 4) is 11.5 Å². The Morgan fingerprint density at radius 2 is 2.04 bits per heavy atom. The van der Waals surface area contributed by atoms with Gasteiger partial charge in [0.05, 0.1) is 20.3 Å². The molecule has 1 heterocycles. The minimum Gasteiger partial charge on any atom is -0.497 e. The lowest BCUT2D eigenvalue weighted by Gasteiger charge is -2.24. The molecule has 1 aliphatic heterocycles. The predicted molar refractivity (Wildman–Crippen MR) is 95.9 cm³/mol. The number of fused-ring (bicyclic) bond motifs is 1. The molecule has 2 aliphatic rings. The Morgan fingerprint density at radius 1 is 1.25 bits per heavy atom. The van der Waals surface area contributed by atoms with Gasteiger partial charge in [0.15, 0.2) is 0 Å². The third kappa shape index (κ3) is 4.14. The molecule has 3 rings (SSSR count). The average molecular weight is 355 g/mol. The third-order valence-electron chi connectivity index (χ3n) is 5.13. The molecule has 134 valence electrons. The van der Waals surface area contributed by atoms with Gasteiger partial charge < -0.3 is 20.1 Å². The highest BCUT2D eigenvalue weighted by Gasteiger charge is 2.38. The first-order valence-electron chi connectivity index (χ1n) is 8.46. The van der Waals surface area contributed by atoms with E-state index in [1.165, 1.54) is 25.7 Å². The van der Waals surface area contributed by atoms with Crippen LogP contribution in [0, 0.1) is 5.92 Å². The Kier molecular flexibility index (Phi) is 6.75. The van der Waals surface area contributed by atoms with Gasteiger partial charge in [0.2, 0.25) is 5.91 Å². The molecule has 1 aliphatic carbocycles. The van der Waals surface area contributed by atoms with Crippen LogP contribution in [0.3, 0.4) is 0 Å². The van der Waals surface area contributed by atoms with Crippen LogP contribution in [0.4, 0.5) is 0 Å². The first-order valence-corrected chi connectivity index (χ1v) is 8.46. The monoisotopic (exact) mass is 354 g/mol. The van der Waals surface area contributed by atoms with E-state index in [1.54, 1.807) is 14.2 Å². The highest BCUT2D eigenvalue weighted by Crippen LogP contribution is 2.33. The number of carbonyl (C=O) groups excluding carboxylic acids is 1. The summed E-state index contributed by atoms with van der Waals surface area (Å²) < 4.78 is 10.6. The summed E-state index contributed by atoms with van der Waals surface area (Å²) in [5.41, 5.74) is 0.956. The van der Waals surface area contributed by atoms with Gasteiger partial charge in [-0.3, -0.25) is 4.79 Å². The quantitative estimate of drug-likeness (QED) is 0.853. The molecule has 0 bridgehead atoms. The van der Waals surface area contributed by atoms with E-state index in [4.69, 9.17) is 9.47 Å². The van der Waals surface area contributed by atoms with Gasteiger partial charge in [-0.05, 0) is 37.3 Å². The summed E-state index contributed by atoms with van der Waals surface area (Å²) >= 11 is 0. The van der Waals surface area contributed by atoms with Crippen molar-refractivity contribution in [2.45, 2.75) is 50.7 Å². The number of carbonyl (C=O) groups is 1. The minimum atomic E-state index is -0.0488. The van der Waals surface area contributed by atoms with Crippen molar-refractivity contribution in [2.24, 2.45) is 5.92 Å². The summed E-state index contributed by atoms with van der Waals surface area (Å²) in [5, 5.41) is 6.55. The smallest absolute Gasteiger partial charge is 0.237 e. The molecule has 1 saturated carbocycles. The molecular weight excluding hydrogens is 328 g/mol. The number of ether oxygens (including phenoxy) is 2. The van der Waals surface area contributed by atoms with E-state index in [9.17, 15) is 4.79 Å². The van der Waals surface area contributed by atoms with Crippen LogP contribution in [0.1, 0.15) is 37.7 Å². The second-order valence-corrected chi connectivity index (χ2v) is 6.50. The average Bonchev–Trinajstić information content (AvgIpc) is 3.03. The van der Waals surface area contributed by atoms with Crippen molar-refractivity contribution >= 4 is 18.3 Å². The van der Waals surface area contributed by atoms with Gasteiger partial charge in [0, 0.05) is 24.2 Å². The molecule has 3 atom stereocenters. The summed E-state index contributed by atoms with van der Waals surface area (Å²) in [7, 11) is 3.25. The fourth-order valence-corrected chi connectivity index (χ4v) is 3.82. The normalized spacial score (nSPS) is 25.3. The molecular formula is C18H27ClN2O3. The standard InChI is InChI=1S/C18H26N2O3.ClH/c1-22-14-8-7-13(17(10-14)23-2)11-19-18(21)16-9-12-5-3-4-6-15(12)20-16;/h7-8,10,12,15-16,20H,3-6,9,11H2,1-2H3,(H,19,21);1H. The van der Waals surface area contributed by atoms with E-state index in [0.29, 0.717) is 18.5 Å². The molecule has 1 saturated heterocycles. The Balaban J connectivity index is 0.00000208. The van der Waals surface area contributed by atoms with Crippen LogP contribution in [-0.2, 0) is 11.3 Å². The molecule has 3 unspecified atom stereocenters. The number of nitrogens with one attached hydrogen (secondary N) is 2. The van der Waals surface area contributed by atoms with Crippen molar-refractivity contribution in [1.82, 2.24) is 10.6 Å². The molecule has 0 aromatic heterocycles. The third-order valence-corrected chi connectivity index (χ3v) is 5.13. The largest absolute Gasteiger partial charge is 0.497 e. The molecule has 2 N–H and O–H groups in total. The molecule has 6 heteroatoms. The summed E-state index contributed by atoms with van der Waals surface area (Å²) in [6, 6.07) is 6.14. The Bertz CT molecular complexity index is 553. The SMILES string of the molecule is COc1ccc(CNC(=O)C2CC3CCCCC3N2)c(OC)c1.Cl. The first-order chi connectivity index (χ1) is 11.2. The molecule has 2 fully saturated rings. The molecule has 0 spiro atoms. The van der Waals surface area contributed by atoms with Crippen LogP contribution < -0.4 is 20.1 Å². The molecule has 1 aromatic rings. The number of methoxy groups -OCH3 is 2. The maximum absolute atomic E-state index is 12.4. The lowest BCUT2D eigenvalue weighted by atomic mass is 9.85. The molecule has 1 amide bonds. The topological polar surface area (TPSA) is 59.6 Å². The van der Waals surface area contributed by atoms with Crippen molar-refractivity contribution in [2.75, 3.05) is 14.2 Å². The van der Waals surface area contributed by atoms with E-state index in [-0.39, 0.29) is 24.4 Å². The van der Waals surface area contributed by atoms with E-state index in [1.807, 2.05) is 18.2 Å². The summed E-state index contributed by atoms with van der Waals surface area (Å²) in [6.45, 7) is 0.472. The summed E-state index contributed by atoms with van der Waals surface area (Å²) in [6.07, 6.45) is 6.02. The lowest BCUT2D eigenvalue weighted by Crippen LogP contribution is -2.42. The van der Waals surface area contributed by atoms with E-state index < -0.39 is 0 Å². The zero-order valence-corrected chi connectivity index (χ0v) is 15.2. The van der Waals surface area contributed by atoms with E-state index >= 15 is 0 Å². The number of halogens is 1. The Morgan fingerprint density at radius 3 is 2.75 bits per heavy atom. The molecule has 1 aromatic carbocycles. The number of amides is 1. The number of benzene rings is 1. The van der Waals surface area contributed by atoms with Crippen LogP contribution in [0.15, 0.2) is 18.2 Å². The highest BCUT2D eigenvalue weighted by molar-refractivity contribution is 5.85. The van der Waals surface area contributed by atoms with Crippen LogP contribution >= 0.6 is 12.4 Å². The van der Waals surface area contributed by atoms with Gasteiger partial charge in [-0.15, -0.1) is 12.4 Å². The van der Waals surface area contributed by atoms with Crippen LogP contribution in [0.25, 0.3) is 0 Å². The van der Waals surface area contributed by atoms with E-state index in [2.05, 4.69) is 10.6 Å². The van der Waals surface area contributed by atoms with Gasteiger partial charge in [-0.25, -0.2) is 0 Å².